The molecule has 0 bridgehead atoms. The van der Waals surface area contributed by atoms with Gasteiger partial charge in [0.1, 0.15) is 6.04 Å². The van der Waals surface area contributed by atoms with E-state index in [-0.39, 0.29) is 6.04 Å². The van der Waals surface area contributed by atoms with Gasteiger partial charge in [-0.05, 0) is 38.2 Å². The highest BCUT2D eigenvalue weighted by molar-refractivity contribution is 6.12. The van der Waals surface area contributed by atoms with E-state index in [1.165, 1.54) is 0 Å². The number of anilines is 1. The van der Waals surface area contributed by atoms with Gasteiger partial charge in [0, 0.05) is 19.6 Å². The molecule has 23 heavy (non-hydrogen) atoms. The maximum absolute atomic E-state index is 12.9. The number of hydroxylamine groups is 1. The van der Waals surface area contributed by atoms with Gasteiger partial charge in [-0.25, -0.2) is 0 Å². The molecule has 1 aromatic heterocycles. The van der Waals surface area contributed by atoms with Gasteiger partial charge in [-0.2, -0.15) is 4.74 Å². The van der Waals surface area contributed by atoms with Crippen LogP contribution in [0.4, 0.5) is 5.69 Å². The highest BCUT2D eigenvalue weighted by Gasteiger charge is 2.36. The number of hydrogen-bond donors (Lipinski definition) is 0. The van der Waals surface area contributed by atoms with Crippen LogP contribution in [0.3, 0.4) is 0 Å². The molecule has 0 N–H and O–H groups in total. The van der Waals surface area contributed by atoms with Crippen molar-refractivity contribution in [1.82, 2.24) is 4.90 Å². The monoisotopic (exact) mass is 311 g/mol. The van der Waals surface area contributed by atoms with Gasteiger partial charge < -0.3 is 19.4 Å². The summed E-state index contributed by atoms with van der Waals surface area (Å²) >= 11 is 0. The topological polar surface area (TPSA) is 45.7 Å². The van der Waals surface area contributed by atoms with Crippen LogP contribution < -0.4 is 4.90 Å². The van der Waals surface area contributed by atoms with E-state index in [1.54, 1.807) is 6.26 Å². The number of rotatable bonds is 1. The average molecular weight is 311 g/mol. The fourth-order valence-electron chi connectivity index (χ4n) is 3.66. The van der Waals surface area contributed by atoms with Gasteiger partial charge in [-0.1, -0.05) is 11.6 Å². The van der Waals surface area contributed by atoms with Crippen molar-refractivity contribution in [3.63, 3.8) is 0 Å². The number of aryl methyl sites for hydroxylation is 1. The van der Waals surface area contributed by atoms with Gasteiger partial charge in [0.2, 0.25) is 0 Å². The van der Waals surface area contributed by atoms with Gasteiger partial charge in [-0.3, -0.25) is 0 Å². The minimum absolute atomic E-state index is 0.195. The third-order valence-corrected chi connectivity index (χ3v) is 4.78. The van der Waals surface area contributed by atoms with Crippen LogP contribution in [0.5, 0.6) is 0 Å². The third kappa shape index (κ3) is 2.41. The van der Waals surface area contributed by atoms with Gasteiger partial charge in [0.05, 0.1) is 17.5 Å². The Kier molecular flexibility index (Phi) is 3.38. The van der Waals surface area contributed by atoms with E-state index in [0.29, 0.717) is 18.0 Å². The smallest absolute Gasteiger partial charge is 0.263 e. The Balaban J connectivity index is 1.92. The van der Waals surface area contributed by atoms with E-state index in [9.17, 15) is 5.21 Å². The second kappa shape index (κ2) is 5.42. The predicted octanol–water partition coefficient (Wildman–Crippen LogP) is 2.07. The molecule has 0 saturated carbocycles. The molecule has 1 aromatic carbocycles. The van der Waals surface area contributed by atoms with Crippen LogP contribution in [-0.2, 0) is 0 Å². The standard InChI is InChI=1S/C18H21N3O2/c1-13-5-6-16-15(10-13)18(17-4-3-9-23-17)21(22)12-14-11-19(2)7-8-20(14)16/h3-6,9-10,14H,7-8,11-12H2,1-2H3. The van der Waals surface area contributed by atoms with Crippen LogP contribution in [0.1, 0.15) is 16.9 Å². The van der Waals surface area contributed by atoms with E-state index < -0.39 is 0 Å². The third-order valence-electron chi connectivity index (χ3n) is 4.78. The summed E-state index contributed by atoms with van der Waals surface area (Å²) in [5.41, 5.74) is 3.90. The molecule has 3 heterocycles. The molecule has 1 atom stereocenters. The van der Waals surface area contributed by atoms with Crippen LogP contribution in [0.25, 0.3) is 0 Å². The minimum atomic E-state index is 0.195. The van der Waals surface area contributed by atoms with Crippen LogP contribution in [0, 0.1) is 12.1 Å². The van der Waals surface area contributed by atoms with Crippen molar-refractivity contribution >= 4 is 11.4 Å². The molecule has 120 valence electrons. The van der Waals surface area contributed by atoms with Crippen LogP contribution in [-0.4, -0.2) is 54.6 Å². The van der Waals surface area contributed by atoms with Crippen LogP contribution in [0.15, 0.2) is 41.0 Å². The van der Waals surface area contributed by atoms with Crippen molar-refractivity contribution in [3.8, 4) is 0 Å². The van der Waals surface area contributed by atoms with Crippen LogP contribution >= 0.6 is 0 Å². The molecule has 0 amide bonds. The maximum Gasteiger partial charge on any atom is 0.263 e. The van der Waals surface area contributed by atoms with E-state index in [2.05, 4.69) is 42.0 Å². The van der Waals surface area contributed by atoms with E-state index >= 15 is 0 Å². The highest BCUT2D eigenvalue weighted by Crippen LogP contribution is 2.30. The number of piperazine rings is 1. The van der Waals surface area contributed by atoms with Crippen molar-refractivity contribution in [2.45, 2.75) is 13.0 Å². The van der Waals surface area contributed by atoms with Crippen molar-refractivity contribution in [2.75, 3.05) is 38.1 Å². The summed E-state index contributed by atoms with van der Waals surface area (Å²) in [5.74, 6) is 0.639. The largest absolute Gasteiger partial charge is 0.623 e. The lowest BCUT2D eigenvalue weighted by atomic mass is 10.0. The van der Waals surface area contributed by atoms with Gasteiger partial charge in [-0.15, -0.1) is 0 Å². The summed E-state index contributed by atoms with van der Waals surface area (Å²) in [6.45, 7) is 5.36. The Morgan fingerprint density at radius 2 is 2.13 bits per heavy atom. The van der Waals surface area contributed by atoms with Gasteiger partial charge >= 0.3 is 0 Å². The van der Waals surface area contributed by atoms with Gasteiger partial charge in [0.25, 0.3) is 5.71 Å². The second-order valence-electron chi connectivity index (χ2n) is 6.52. The molecule has 5 nitrogen and oxygen atoms in total. The Morgan fingerprint density at radius 1 is 1.26 bits per heavy atom. The first-order valence-corrected chi connectivity index (χ1v) is 8.05. The Bertz CT molecular complexity index is 752. The first-order valence-electron chi connectivity index (χ1n) is 8.05. The lowest BCUT2D eigenvalue weighted by Crippen LogP contribution is -2.54. The molecule has 0 radical (unpaired) electrons. The molecule has 2 aliphatic heterocycles. The Hall–Kier alpha value is -2.27. The zero-order chi connectivity index (χ0) is 16.0. The Morgan fingerprint density at radius 3 is 2.91 bits per heavy atom. The summed E-state index contributed by atoms with van der Waals surface area (Å²) in [4.78, 5) is 4.68. The number of furan rings is 1. The molecular formula is C18H21N3O2. The number of benzene rings is 1. The molecule has 1 unspecified atom stereocenters. The minimum Gasteiger partial charge on any atom is -0.623 e. The molecule has 0 aliphatic carbocycles. The average Bonchev–Trinajstić information content (AvgIpc) is 2.99. The molecule has 2 aliphatic rings. The van der Waals surface area contributed by atoms with E-state index in [4.69, 9.17) is 4.42 Å². The SMILES string of the molecule is Cc1ccc2c(c1)C(c1ccco1)=[N+]([O-])CC1CN(C)CCN21. The van der Waals surface area contributed by atoms with E-state index in [1.807, 2.05) is 12.1 Å². The first kappa shape index (κ1) is 14.3. The van der Waals surface area contributed by atoms with Crippen molar-refractivity contribution in [2.24, 2.45) is 0 Å². The lowest BCUT2D eigenvalue weighted by molar-refractivity contribution is -0.459. The van der Waals surface area contributed by atoms with Crippen molar-refractivity contribution in [1.29, 1.82) is 0 Å². The second-order valence-corrected chi connectivity index (χ2v) is 6.52. The number of hydrogen-bond acceptors (Lipinski definition) is 4. The summed E-state index contributed by atoms with van der Waals surface area (Å²) < 4.78 is 6.67. The highest BCUT2D eigenvalue weighted by atomic mass is 16.5. The van der Waals surface area contributed by atoms with Crippen molar-refractivity contribution < 1.29 is 9.16 Å². The number of fused-ring (bicyclic) bond motifs is 3. The fraction of sp³-hybridized carbons (Fsp3) is 0.389. The van der Waals surface area contributed by atoms with E-state index in [0.717, 1.165) is 41.2 Å². The van der Waals surface area contributed by atoms with Gasteiger partial charge in [0.15, 0.2) is 12.3 Å². The summed E-state index contributed by atoms with van der Waals surface area (Å²) in [5, 5.41) is 12.9. The summed E-state index contributed by atoms with van der Waals surface area (Å²) in [6, 6.07) is 10.2. The molecule has 1 fully saturated rings. The summed E-state index contributed by atoms with van der Waals surface area (Å²) in [6.07, 6.45) is 1.62. The van der Waals surface area contributed by atoms with Crippen molar-refractivity contribution in [3.05, 3.63) is 58.7 Å². The predicted molar refractivity (Wildman–Crippen MR) is 90.2 cm³/mol. The normalized spacial score (nSPS) is 21.8. The molecule has 0 spiro atoms. The zero-order valence-electron chi connectivity index (χ0n) is 13.5. The summed E-state index contributed by atoms with van der Waals surface area (Å²) in [7, 11) is 2.12. The lowest BCUT2D eigenvalue weighted by Gasteiger charge is -2.39. The molecule has 5 heteroatoms. The molecule has 1 saturated heterocycles. The number of nitrogens with zero attached hydrogens (tertiary/aromatic N) is 3. The molecule has 2 aromatic rings. The zero-order valence-corrected chi connectivity index (χ0v) is 13.5. The number of likely N-dealkylation sites (N-methyl/N-ethyl adjacent to an activating group) is 1. The fourth-order valence-corrected chi connectivity index (χ4v) is 3.66. The molecular weight excluding hydrogens is 290 g/mol. The first-order chi connectivity index (χ1) is 11.1. The quantitative estimate of drug-likeness (QED) is 0.597. The van der Waals surface area contributed by atoms with Crippen LogP contribution in [0.2, 0.25) is 0 Å². The molecule has 4 rings (SSSR count). The Labute approximate surface area is 136 Å². The maximum atomic E-state index is 12.9.